The summed E-state index contributed by atoms with van der Waals surface area (Å²) in [4.78, 5) is 30.5. The topological polar surface area (TPSA) is 53.1 Å². The Balaban J connectivity index is 0.000000402. The average molecular weight is 502 g/mol. The Morgan fingerprint density at radius 3 is 2.43 bits per heavy atom. The summed E-state index contributed by atoms with van der Waals surface area (Å²) in [5, 5.41) is 0.875. The molecule has 1 amide bonds. The number of hydrogen-bond acceptors (Lipinski definition) is 5. The third kappa shape index (κ3) is 8.34. The smallest absolute Gasteiger partial charge is 0.246 e. The summed E-state index contributed by atoms with van der Waals surface area (Å²) in [5.41, 5.74) is 2.68. The van der Waals surface area contributed by atoms with E-state index in [2.05, 4.69) is 18.4 Å². The van der Waals surface area contributed by atoms with E-state index >= 15 is 0 Å². The Kier molecular flexibility index (Phi) is 11.7. The normalized spacial score (nSPS) is 19.4. The number of hydrogen-bond donors (Lipinski definition) is 0. The number of carbonyl (C=O) groups excluding carboxylic acids is 2. The number of ketones is 1. The molecule has 2 fully saturated rings. The first-order valence-electron chi connectivity index (χ1n) is 12.3. The molecule has 2 saturated heterocycles. The summed E-state index contributed by atoms with van der Waals surface area (Å²) in [6.07, 6.45) is 7.61. The molecule has 1 unspecified atom stereocenters. The number of halogens is 1. The van der Waals surface area contributed by atoms with Crippen LogP contribution in [0.25, 0.3) is 0 Å². The number of benzene rings is 1. The fourth-order valence-corrected chi connectivity index (χ4v) is 4.40. The first kappa shape index (κ1) is 28.8. The summed E-state index contributed by atoms with van der Waals surface area (Å²) in [5.74, 6) is 0.0229. The second-order valence-electron chi connectivity index (χ2n) is 8.97. The molecule has 0 aromatic heterocycles. The van der Waals surface area contributed by atoms with Gasteiger partial charge in [-0.1, -0.05) is 62.4 Å². The third-order valence-corrected chi connectivity index (χ3v) is 6.63. The van der Waals surface area contributed by atoms with E-state index in [1.54, 1.807) is 20.1 Å². The van der Waals surface area contributed by atoms with Gasteiger partial charge in [0.15, 0.2) is 5.78 Å². The molecular weight excluding hydrogens is 462 g/mol. The molecule has 1 aromatic rings. The van der Waals surface area contributed by atoms with Crippen molar-refractivity contribution in [1.29, 1.82) is 0 Å². The number of methoxy groups -OCH3 is 1. The molecule has 0 spiro atoms. The molecule has 0 N–H and O–H groups in total. The van der Waals surface area contributed by atoms with Gasteiger partial charge in [0, 0.05) is 63.1 Å². The van der Waals surface area contributed by atoms with Crippen molar-refractivity contribution in [3.8, 4) is 0 Å². The highest BCUT2D eigenvalue weighted by atomic mass is 35.5. The highest BCUT2D eigenvalue weighted by Crippen LogP contribution is 2.23. The zero-order valence-electron chi connectivity index (χ0n) is 21.8. The zero-order chi connectivity index (χ0) is 26.0. The van der Waals surface area contributed by atoms with Gasteiger partial charge < -0.3 is 14.5 Å². The van der Waals surface area contributed by atoms with Crippen LogP contribution in [-0.4, -0.2) is 78.4 Å². The predicted molar refractivity (Wildman–Crippen MR) is 143 cm³/mol. The van der Waals surface area contributed by atoms with E-state index < -0.39 is 0 Å². The Morgan fingerprint density at radius 2 is 1.89 bits per heavy atom. The maximum Gasteiger partial charge on any atom is 0.246 e. The van der Waals surface area contributed by atoms with Gasteiger partial charge in [-0.2, -0.15) is 0 Å². The molecule has 1 atom stereocenters. The lowest BCUT2D eigenvalue weighted by Crippen LogP contribution is -2.52. The molecule has 0 radical (unpaired) electrons. The second-order valence-corrected chi connectivity index (χ2v) is 9.38. The number of Topliss-reactive ketones (excluding diaryl/α,β-unsaturated/α-hetero) is 1. The number of allylic oxidation sites excluding steroid dienone is 2. The van der Waals surface area contributed by atoms with Crippen LogP contribution in [-0.2, 0) is 20.7 Å². The van der Waals surface area contributed by atoms with Crippen LogP contribution < -0.4 is 0 Å². The molecule has 2 heterocycles. The Morgan fingerprint density at radius 1 is 1.20 bits per heavy atom. The van der Waals surface area contributed by atoms with Crippen LogP contribution in [0.4, 0.5) is 0 Å². The summed E-state index contributed by atoms with van der Waals surface area (Å²) < 4.78 is 5.24. The molecule has 3 rings (SSSR count). The number of ether oxygens (including phenoxy) is 1. The largest absolute Gasteiger partial charge is 0.379 e. The van der Waals surface area contributed by atoms with Gasteiger partial charge in [-0.15, -0.1) is 0 Å². The van der Waals surface area contributed by atoms with Gasteiger partial charge in [0.2, 0.25) is 5.91 Å². The van der Waals surface area contributed by atoms with Crippen LogP contribution in [0.1, 0.15) is 39.7 Å². The lowest BCUT2D eigenvalue weighted by atomic mass is 10.1. The van der Waals surface area contributed by atoms with Crippen LogP contribution in [0, 0.1) is 0 Å². The highest BCUT2D eigenvalue weighted by molar-refractivity contribution is 6.31. The van der Waals surface area contributed by atoms with Crippen LogP contribution in [0.3, 0.4) is 0 Å². The third-order valence-electron chi connectivity index (χ3n) is 6.27. The van der Waals surface area contributed by atoms with E-state index in [0.29, 0.717) is 24.9 Å². The van der Waals surface area contributed by atoms with E-state index in [4.69, 9.17) is 16.3 Å². The lowest BCUT2D eigenvalue weighted by Gasteiger charge is -2.42. The maximum atomic E-state index is 12.6. The molecule has 35 heavy (non-hydrogen) atoms. The van der Waals surface area contributed by atoms with Gasteiger partial charge >= 0.3 is 0 Å². The highest BCUT2D eigenvalue weighted by Gasteiger charge is 2.31. The van der Waals surface area contributed by atoms with Crippen molar-refractivity contribution in [2.24, 2.45) is 0 Å². The zero-order valence-corrected chi connectivity index (χ0v) is 22.6. The Labute approximate surface area is 215 Å². The fourth-order valence-electron chi connectivity index (χ4n) is 4.13. The standard InChI is InChI=1S/C20H31N3O3.C8H9Cl/c1-6-8-19(17(4)24)22-11-16(3)23(12-15(22)2)20(25)9-7-10-21-13-18(14-21)26-5;1-2-7-5-3-4-6-8(7)9/h7-9,16,18H,2,6,10-14H2,1,3-5H3;3-6H,2H2,1H3/b9-7+,19-8-;. The minimum absolute atomic E-state index is 0.00837. The number of aryl methyl sites for hydroxylation is 1. The molecule has 0 bridgehead atoms. The number of nitrogens with zero attached hydrogens (tertiary/aromatic N) is 3. The number of piperazine rings is 1. The van der Waals surface area contributed by atoms with Crippen molar-refractivity contribution in [2.45, 2.75) is 52.7 Å². The average Bonchev–Trinajstić information content (AvgIpc) is 2.80. The summed E-state index contributed by atoms with van der Waals surface area (Å²) in [6.45, 7) is 15.4. The molecule has 0 aliphatic carbocycles. The SMILES string of the molecule is C=C1CN(C(=O)/C=C/CN2CC(OC)C2)C(C)CN1/C(=C\CC)C(C)=O.CCc1ccccc1Cl. The van der Waals surface area contributed by atoms with Crippen LogP contribution in [0.2, 0.25) is 5.02 Å². The van der Waals surface area contributed by atoms with Crippen molar-refractivity contribution in [3.05, 3.63) is 71.1 Å². The Hall–Kier alpha value is -2.41. The van der Waals surface area contributed by atoms with E-state index in [1.807, 2.05) is 60.1 Å². The van der Waals surface area contributed by atoms with Gasteiger partial charge in [-0.25, -0.2) is 0 Å². The van der Waals surface area contributed by atoms with Crippen molar-refractivity contribution < 1.29 is 14.3 Å². The molecular formula is C28H40ClN3O3. The van der Waals surface area contributed by atoms with E-state index in [-0.39, 0.29) is 17.7 Å². The molecule has 1 aromatic carbocycles. The summed E-state index contributed by atoms with van der Waals surface area (Å²) >= 11 is 5.82. The van der Waals surface area contributed by atoms with Gasteiger partial charge in [-0.05, 0) is 31.4 Å². The minimum Gasteiger partial charge on any atom is -0.379 e. The van der Waals surface area contributed by atoms with Gasteiger partial charge in [0.05, 0.1) is 18.3 Å². The van der Waals surface area contributed by atoms with Crippen molar-refractivity contribution in [2.75, 3.05) is 39.8 Å². The Bertz CT molecular complexity index is 937. The first-order valence-corrected chi connectivity index (χ1v) is 12.7. The lowest BCUT2D eigenvalue weighted by molar-refractivity contribution is -0.129. The molecule has 0 saturated carbocycles. The first-order chi connectivity index (χ1) is 16.7. The molecule has 7 heteroatoms. The van der Waals surface area contributed by atoms with Crippen molar-refractivity contribution >= 4 is 23.3 Å². The monoisotopic (exact) mass is 501 g/mol. The minimum atomic E-state index is -0.00837. The predicted octanol–water partition coefficient (Wildman–Crippen LogP) is 4.70. The number of amides is 1. The molecule has 192 valence electrons. The fraction of sp³-hybridized carbons (Fsp3) is 0.500. The van der Waals surface area contributed by atoms with Crippen LogP contribution in [0.5, 0.6) is 0 Å². The summed E-state index contributed by atoms with van der Waals surface area (Å²) in [6, 6.07) is 7.92. The van der Waals surface area contributed by atoms with Gasteiger partial charge in [-0.3, -0.25) is 14.5 Å². The van der Waals surface area contributed by atoms with Gasteiger partial charge in [0.1, 0.15) is 0 Å². The number of carbonyl (C=O) groups is 2. The number of likely N-dealkylation sites (tertiary alicyclic amines) is 1. The van der Waals surface area contributed by atoms with E-state index in [1.165, 1.54) is 5.56 Å². The van der Waals surface area contributed by atoms with Crippen molar-refractivity contribution in [1.82, 2.24) is 14.7 Å². The summed E-state index contributed by atoms with van der Waals surface area (Å²) in [7, 11) is 1.72. The maximum absolute atomic E-state index is 12.6. The molecule has 6 nitrogen and oxygen atoms in total. The van der Waals surface area contributed by atoms with Crippen LogP contribution >= 0.6 is 11.6 Å². The van der Waals surface area contributed by atoms with Gasteiger partial charge in [0.25, 0.3) is 0 Å². The van der Waals surface area contributed by atoms with E-state index in [0.717, 1.165) is 43.2 Å². The number of rotatable bonds is 8. The van der Waals surface area contributed by atoms with E-state index in [9.17, 15) is 9.59 Å². The quantitative estimate of drug-likeness (QED) is 0.483. The van der Waals surface area contributed by atoms with Crippen molar-refractivity contribution in [3.63, 3.8) is 0 Å². The molecule has 2 aliphatic heterocycles. The second kappa shape index (κ2) is 14.2. The van der Waals surface area contributed by atoms with Crippen LogP contribution in [0.15, 0.2) is 60.5 Å². The molecule has 2 aliphatic rings.